The van der Waals surface area contributed by atoms with Crippen molar-refractivity contribution in [2.75, 3.05) is 23.8 Å². The van der Waals surface area contributed by atoms with Crippen LogP contribution in [0.25, 0.3) is 0 Å². The van der Waals surface area contributed by atoms with Crippen LogP contribution in [0.5, 0.6) is 5.75 Å². The van der Waals surface area contributed by atoms with Crippen LogP contribution in [0.2, 0.25) is 0 Å². The van der Waals surface area contributed by atoms with Gasteiger partial charge in [-0.15, -0.1) is 0 Å². The lowest BCUT2D eigenvalue weighted by Crippen LogP contribution is -2.52. The molecular weight excluding hydrogens is 236 g/mol. The Morgan fingerprint density at radius 3 is 2.72 bits per heavy atom. The molecular formula is C12H16N2O4. The smallest absolute Gasteiger partial charge is 0.268 e. The topological polar surface area (TPSA) is 96.0 Å². The molecule has 1 heterocycles. The molecule has 0 fully saturated rings. The van der Waals surface area contributed by atoms with Crippen molar-refractivity contribution in [1.82, 2.24) is 0 Å². The molecule has 1 amide bonds. The number of nitrogen functional groups attached to an aromatic ring is 1. The van der Waals surface area contributed by atoms with Crippen molar-refractivity contribution in [3.63, 3.8) is 0 Å². The third-order valence-electron chi connectivity index (χ3n) is 2.92. The highest BCUT2D eigenvalue weighted by Crippen LogP contribution is 2.36. The second-order valence-electron chi connectivity index (χ2n) is 4.21. The number of hydrogen-bond donors (Lipinski definition) is 3. The molecule has 1 aromatic carbocycles. The molecule has 1 aliphatic rings. The van der Waals surface area contributed by atoms with E-state index in [1.165, 1.54) is 4.90 Å². The lowest BCUT2D eigenvalue weighted by atomic mass is 10.1. The summed E-state index contributed by atoms with van der Waals surface area (Å²) in [4.78, 5) is 13.4. The summed E-state index contributed by atoms with van der Waals surface area (Å²) in [6, 6.07) is 4.25. The first-order valence-electron chi connectivity index (χ1n) is 5.69. The molecule has 1 aromatic rings. The van der Waals surface area contributed by atoms with Crippen molar-refractivity contribution in [3.05, 3.63) is 18.2 Å². The van der Waals surface area contributed by atoms with Crippen LogP contribution in [-0.4, -0.2) is 41.5 Å². The summed E-state index contributed by atoms with van der Waals surface area (Å²) in [7, 11) is 0. The molecule has 6 nitrogen and oxygen atoms in total. The highest BCUT2D eigenvalue weighted by molar-refractivity contribution is 6.00. The minimum Gasteiger partial charge on any atom is -0.479 e. The van der Waals surface area contributed by atoms with Crippen LogP contribution < -0.4 is 15.4 Å². The Morgan fingerprint density at radius 1 is 1.44 bits per heavy atom. The maximum atomic E-state index is 12.1. The molecule has 0 aliphatic carbocycles. The second-order valence-corrected chi connectivity index (χ2v) is 4.21. The van der Waals surface area contributed by atoms with E-state index in [-0.39, 0.29) is 19.1 Å². The Balaban J connectivity index is 2.50. The number of hydrogen-bond acceptors (Lipinski definition) is 5. The quantitative estimate of drug-likeness (QED) is 0.644. The molecule has 6 heteroatoms. The number of nitrogens with zero attached hydrogens (tertiary/aromatic N) is 1. The SMILES string of the molecule is CC1Oc2ccc(N)cc2N(C(CO)CO)C1=O. The predicted octanol–water partition coefficient (Wildman–Crippen LogP) is -0.264. The highest BCUT2D eigenvalue weighted by Gasteiger charge is 2.35. The highest BCUT2D eigenvalue weighted by atomic mass is 16.5. The molecule has 1 unspecified atom stereocenters. The lowest BCUT2D eigenvalue weighted by molar-refractivity contribution is -0.126. The molecule has 4 N–H and O–H groups in total. The number of benzene rings is 1. The maximum Gasteiger partial charge on any atom is 0.268 e. The van der Waals surface area contributed by atoms with E-state index in [2.05, 4.69) is 0 Å². The number of ether oxygens (including phenoxy) is 1. The standard InChI is InChI=1S/C12H16N2O4/c1-7-12(17)14(9(5-15)6-16)10-4-8(13)2-3-11(10)18-7/h2-4,7,9,15-16H,5-6,13H2,1H3. The zero-order valence-corrected chi connectivity index (χ0v) is 10.0. The molecule has 0 spiro atoms. The van der Waals surface area contributed by atoms with Crippen molar-refractivity contribution >= 4 is 17.3 Å². The Hall–Kier alpha value is -1.79. The number of aliphatic hydroxyl groups excluding tert-OH is 2. The van der Waals surface area contributed by atoms with E-state index in [9.17, 15) is 15.0 Å². The molecule has 2 rings (SSSR count). The van der Waals surface area contributed by atoms with Crippen LogP contribution in [0.4, 0.5) is 11.4 Å². The first-order valence-corrected chi connectivity index (χ1v) is 5.69. The summed E-state index contributed by atoms with van der Waals surface area (Å²) in [5.74, 6) is 0.212. The summed E-state index contributed by atoms with van der Waals surface area (Å²) in [5, 5.41) is 18.5. The maximum absolute atomic E-state index is 12.1. The number of nitrogens with two attached hydrogens (primary N) is 1. The molecule has 0 radical (unpaired) electrons. The van der Waals surface area contributed by atoms with Gasteiger partial charge in [0.2, 0.25) is 0 Å². The van der Waals surface area contributed by atoms with Gasteiger partial charge in [-0.2, -0.15) is 0 Å². The molecule has 18 heavy (non-hydrogen) atoms. The van der Waals surface area contributed by atoms with Crippen molar-refractivity contribution < 1.29 is 19.7 Å². The van der Waals surface area contributed by atoms with Gasteiger partial charge >= 0.3 is 0 Å². The molecule has 1 atom stereocenters. The molecule has 0 bridgehead atoms. The molecule has 0 aromatic heterocycles. The largest absolute Gasteiger partial charge is 0.479 e. The normalized spacial score (nSPS) is 18.8. The van der Waals surface area contributed by atoms with E-state index in [1.54, 1.807) is 25.1 Å². The molecule has 0 saturated carbocycles. The van der Waals surface area contributed by atoms with Gasteiger partial charge in [0, 0.05) is 5.69 Å². The Morgan fingerprint density at radius 2 is 2.11 bits per heavy atom. The van der Waals surface area contributed by atoms with Gasteiger partial charge in [0.05, 0.1) is 24.9 Å². The van der Waals surface area contributed by atoms with Crippen LogP contribution in [0.15, 0.2) is 18.2 Å². The third-order valence-corrected chi connectivity index (χ3v) is 2.92. The van der Waals surface area contributed by atoms with Gasteiger partial charge in [0.25, 0.3) is 5.91 Å². The number of fused-ring (bicyclic) bond motifs is 1. The van der Waals surface area contributed by atoms with Crippen molar-refractivity contribution in [2.24, 2.45) is 0 Å². The van der Waals surface area contributed by atoms with Crippen molar-refractivity contribution in [3.8, 4) is 5.75 Å². The Bertz CT molecular complexity index is 459. The van der Waals surface area contributed by atoms with Gasteiger partial charge in [0.1, 0.15) is 5.75 Å². The first kappa shape index (κ1) is 12.7. The van der Waals surface area contributed by atoms with Crippen LogP contribution >= 0.6 is 0 Å². The number of carbonyl (C=O) groups excluding carboxylic acids is 1. The number of anilines is 2. The summed E-state index contributed by atoms with van der Waals surface area (Å²) in [5.41, 5.74) is 6.65. The van der Waals surface area contributed by atoms with E-state index in [1.807, 2.05) is 0 Å². The van der Waals surface area contributed by atoms with Crippen molar-refractivity contribution in [1.29, 1.82) is 0 Å². The first-order chi connectivity index (χ1) is 8.58. The monoisotopic (exact) mass is 252 g/mol. The fourth-order valence-electron chi connectivity index (χ4n) is 1.98. The van der Waals surface area contributed by atoms with Gasteiger partial charge < -0.3 is 20.7 Å². The molecule has 98 valence electrons. The number of carbonyl (C=O) groups is 1. The van der Waals surface area contributed by atoms with Gasteiger partial charge in [-0.05, 0) is 25.1 Å². The van der Waals surface area contributed by atoms with E-state index in [0.29, 0.717) is 17.1 Å². The van der Waals surface area contributed by atoms with Gasteiger partial charge in [-0.3, -0.25) is 9.69 Å². The average Bonchev–Trinajstić information content (AvgIpc) is 2.36. The van der Waals surface area contributed by atoms with E-state index in [4.69, 9.17) is 10.5 Å². The zero-order chi connectivity index (χ0) is 13.3. The third kappa shape index (κ3) is 2.00. The second kappa shape index (κ2) is 4.83. The fourth-order valence-corrected chi connectivity index (χ4v) is 1.98. The lowest BCUT2D eigenvalue weighted by Gasteiger charge is -2.37. The minimum atomic E-state index is -0.690. The zero-order valence-electron chi connectivity index (χ0n) is 10.0. The minimum absolute atomic E-state index is 0.304. The van der Waals surface area contributed by atoms with E-state index in [0.717, 1.165) is 0 Å². The number of amides is 1. The van der Waals surface area contributed by atoms with E-state index >= 15 is 0 Å². The molecule has 0 saturated heterocycles. The summed E-state index contributed by atoms with van der Waals surface area (Å²) >= 11 is 0. The van der Waals surface area contributed by atoms with Gasteiger partial charge in [0.15, 0.2) is 6.10 Å². The van der Waals surface area contributed by atoms with E-state index < -0.39 is 12.1 Å². The number of aliphatic hydroxyl groups is 2. The van der Waals surface area contributed by atoms with Crippen LogP contribution in [-0.2, 0) is 4.79 Å². The van der Waals surface area contributed by atoms with Crippen LogP contribution in [0, 0.1) is 0 Å². The Labute approximate surface area is 105 Å². The van der Waals surface area contributed by atoms with Gasteiger partial charge in [-0.1, -0.05) is 0 Å². The van der Waals surface area contributed by atoms with Gasteiger partial charge in [-0.25, -0.2) is 0 Å². The Kier molecular flexibility index (Phi) is 3.40. The van der Waals surface area contributed by atoms with Crippen molar-refractivity contribution in [2.45, 2.75) is 19.1 Å². The summed E-state index contributed by atoms with van der Waals surface area (Å²) in [6.45, 7) is 0.965. The predicted molar refractivity (Wildman–Crippen MR) is 66.4 cm³/mol. The van der Waals surface area contributed by atoms with Crippen LogP contribution in [0.3, 0.4) is 0 Å². The fraction of sp³-hybridized carbons (Fsp3) is 0.417. The summed E-state index contributed by atoms with van der Waals surface area (Å²) in [6.07, 6.45) is -0.651. The number of rotatable bonds is 3. The van der Waals surface area contributed by atoms with Crippen LogP contribution in [0.1, 0.15) is 6.92 Å². The average molecular weight is 252 g/mol. The molecule has 1 aliphatic heterocycles. The summed E-state index contributed by atoms with van der Waals surface area (Å²) < 4.78 is 5.46.